The largest absolute Gasteiger partial charge is 0.493 e. The standard InChI is InChI=1S/C16H23FN2O2.ClH/c1-18-12-14-6-3-9-19(14)16(20)8-4-10-21-15-7-2-5-13(17)11-15;/h2,5,7,11,14,18H,3-4,6,8-10,12H2,1H3;1H. The van der Waals surface area contributed by atoms with Crippen LogP contribution >= 0.6 is 12.4 Å². The van der Waals surface area contributed by atoms with E-state index >= 15 is 0 Å². The van der Waals surface area contributed by atoms with Gasteiger partial charge in [0.15, 0.2) is 0 Å². The van der Waals surface area contributed by atoms with Gasteiger partial charge in [-0.1, -0.05) is 6.07 Å². The Hall–Kier alpha value is -1.33. The van der Waals surface area contributed by atoms with Gasteiger partial charge >= 0.3 is 0 Å². The zero-order valence-corrected chi connectivity index (χ0v) is 13.7. The number of likely N-dealkylation sites (N-methyl/N-ethyl adjacent to an activating group) is 1. The molecule has 1 aromatic carbocycles. The monoisotopic (exact) mass is 330 g/mol. The molecule has 0 bridgehead atoms. The van der Waals surface area contributed by atoms with Crippen molar-refractivity contribution in [3.63, 3.8) is 0 Å². The molecule has 1 N–H and O–H groups in total. The van der Waals surface area contributed by atoms with Crippen LogP contribution < -0.4 is 10.1 Å². The van der Waals surface area contributed by atoms with Crippen molar-refractivity contribution in [2.45, 2.75) is 31.7 Å². The van der Waals surface area contributed by atoms with Gasteiger partial charge in [0, 0.05) is 31.6 Å². The third-order valence-electron chi connectivity index (χ3n) is 3.74. The topological polar surface area (TPSA) is 41.6 Å². The van der Waals surface area contributed by atoms with Crippen molar-refractivity contribution in [2.24, 2.45) is 0 Å². The van der Waals surface area contributed by atoms with Crippen molar-refractivity contribution >= 4 is 18.3 Å². The van der Waals surface area contributed by atoms with E-state index in [1.807, 2.05) is 11.9 Å². The molecule has 1 fully saturated rings. The highest BCUT2D eigenvalue weighted by Gasteiger charge is 2.27. The summed E-state index contributed by atoms with van der Waals surface area (Å²) < 4.78 is 18.4. The first-order valence-corrected chi connectivity index (χ1v) is 7.53. The summed E-state index contributed by atoms with van der Waals surface area (Å²) in [5.41, 5.74) is 0. The molecule has 1 amide bonds. The number of carbonyl (C=O) groups excluding carboxylic acids is 1. The van der Waals surface area contributed by atoms with E-state index in [1.165, 1.54) is 12.1 Å². The predicted molar refractivity (Wildman–Crippen MR) is 87.0 cm³/mol. The molecular weight excluding hydrogens is 307 g/mol. The van der Waals surface area contributed by atoms with Crippen molar-refractivity contribution in [3.8, 4) is 5.75 Å². The van der Waals surface area contributed by atoms with Gasteiger partial charge in [0.1, 0.15) is 11.6 Å². The van der Waals surface area contributed by atoms with E-state index in [-0.39, 0.29) is 24.1 Å². The molecule has 1 aliphatic rings. The summed E-state index contributed by atoms with van der Waals surface area (Å²) in [5.74, 6) is 0.392. The summed E-state index contributed by atoms with van der Waals surface area (Å²) in [6, 6.07) is 6.39. The van der Waals surface area contributed by atoms with Gasteiger partial charge in [-0.2, -0.15) is 0 Å². The first-order chi connectivity index (χ1) is 10.2. The lowest BCUT2D eigenvalue weighted by Gasteiger charge is -2.24. The number of halogens is 2. The van der Waals surface area contributed by atoms with Gasteiger partial charge in [-0.05, 0) is 38.4 Å². The first-order valence-electron chi connectivity index (χ1n) is 7.53. The van der Waals surface area contributed by atoms with Crippen LogP contribution in [0.1, 0.15) is 25.7 Å². The van der Waals surface area contributed by atoms with E-state index in [1.54, 1.807) is 12.1 Å². The fourth-order valence-electron chi connectivity index (χ4n) is 2.73. The summed E-state index contributed by atoms with van der Waals surface area (Å²) in [5, 5.41) is 3.13. The highest BCUT2D eigenvalue weighted by atomic mass is 35.5. The fraction of sp³-hybridized carbons (Fsp3) is 0.562. The third-order valence-corrected chi connectivity index (χ3v) is 3.74. The average molecular weight is 331 g/mol. The van der Waals surface area contributed by atoms with E-state index in [4.69, 9.17) is 4.74 Å². The molecule has 0 radical (unpaired) electrons. The van der Waals surface area contributed by atoms with E-state index < -0.39 is 0 Å². The number of likely N-dealkylation sites (tertiary alicyclic amines) is 1. The van der Waals surface area contributed by atoms with E-state index in [0.29, 0.717) is 31.2 Å². The highest BCUT2D eigenvalue weighted by molar-refractivity contribution is 5.85. The second-order valence-electron chi connectivity index (χ2n) is 5.35. The number of ether oxygens (including phenoxy) is 1. The molecule has 1 aliphatic heterocycles. The van der Waals surface area contributed by atoms with Crippen LogP contribution in [0, 0.1) is 5.82 Å². The second kappa shape index (κ2) is 9.64. The van der Waals surface area contributed by atoms with Crippen LogP contribution in [-0.4, -0.2) is 43.6 Å². The number of benzene rings is 1. The molecule has 6 heteroatoms. The molecule has 0 aliphatic carbocycles. The second-order valence-corrected chi connectivity index (χ2v) is 5.35. The summed E-state index contributed by atoms with van der Waals surface area (Å²) in [4.78, 5) is 14.1. The minimum Gasteiger partial charge on any atom is -0.493 e. The number of carbonyl (C=O) groups is 1. The molecule has 0 aromatic heterocycles. The number of rotatable bonds is 7. The third kappa shape index (κ3) is 5.46. The number of hydrogen-bond donors (Lipinski definition) is 1. The summed E-state index contributed by atoms with van der Waals surface area (Å²) in [7, 11) is 1.91. The molecule has 1 atom stereocenters. The molecule has 1 unspecified atom stereocenters. The maximum atomic E-state index is 13.0. The van der Waals surface area contributed by atoms with Crippen LogP contribution in [0.4, 0.5) is 4.39 Å². The van der Waals surface area contributed by atoms with Gasteiger partial charge in [0.05, 0.1) is 6.61 Å². The Morgan fingerprint density at radius 1 is 1.50 bits per heavy atom. The van der Waals surface area contributed by atoms with Crippen LogP contribution in [0.5, 0.6) is 5.75 Å². The predicted octanol–water partition coefficient (Wildman–Crippen LogP) is 2.62. The fourth-order valence-corrected chi connectivity index (χ4v) is 2.73. The van der Waals surface area contributed by atoms with E-state index in [9.17, 15) is 9.18 Å². The minimum absolute atomic E-state index is 0. The Morgan fingerprint density at radius 2 is 2.32 bits per heavy atom. The molecule has 124 valence electrons. The molecule has 1 saturated heterocycles. The van der Waals surface area contributed by atoms with Crippen LogP contribution in [0.2, 0.25) is 0 Å². The Bertz CT molecular complexity index is 473. The number of nitrogens with one attached hydrogen (secondary N) is 1. The van der Waals surface area contributed by atoms with Gasteiger partial charge in [-0.3, -0.25) is 4.79 Å². The Balaban J connectivity index is 0.00000242. The molecule has 0 spiro atoms. The maximum absolute atomic E-state index is 13.0. The van der Waals surface area contributed by atoms with Crippen LogP contribution in [0.25, 0.3) is 0 Å². The lowest BCUT2D eigenvalue weighted by atomic mass is 10.2. The molecule has 22 heavy (non-hydrogen) atoms. The molecule has 0 saturated carbocycles. The Kier molecular flexibility index (Phi) is 8.20. The number of amides is 1. The average Bonchev–Trinajstić information content (AvgIpc) is 2.92. The Labute approximate surface area is 137 Å². The van der Waals surface area contributed by atoms with Gasteiger partial charge in [-0.15, -0.1) is 12.4 Å². The molecule has 4 nitrogen and oxygen atoms in total. The van der Waals surface area contributed by atoms with Gasteiger partial charge in [-0.25, -0.2) is 4.39 Å². The van der Waals surface area contributed by atoms with Gasteiger partial charge in [0.25, 0.3) is 0 Å². The van der Waals surface area contributed by atoms with E-state index in [0.717, 1.165) is 25.9 Å². The first kappa shape index (κ1) is 18.7. The maximum Gasteiger partial charge on any atom is 0.222 e. The summed E-state index contributed by atoms with van der Waals surface area (Å²) in [6.45, 7) is 2.14. The van der Waals surface area contributed by atoms with Crippen molar-refractivity contribution < 1.29 is 13.9 Å². The summed E-state index contributed by atoms with van der Waals surface area (Å²) in [6.07, 6.45) is 3.29. The zero-order chi connectivity index (χ0) is 15.1. The normalized spacial score (nSPS) is 17.2. The quantitative estimate of drug-likeness (QED) is 0.781. The molecular formula is C16H24ClFN2O2. The van der Waals surface area contributed by atoms with Gasteiger partial charge < -0.3 is 15.0 Å². The van der Waals surface area contributed by atoms with Crippen molar-refractivity contribution in [2.75, 3.05) is 26.7 Å². The number of nitrogens with zero attached hydrogens (tertiary/aromatic N) is 1. The SMILES string of the molecule is CNCC1CCCN1C(=O)CCCOc1cccc(F)c1.Cl. The number of hydrogen-bond acceptors (Lipinski definition) is 3. The van der Waals surface area contributed by atoms with Crippen LogP contribution in [-0.2, 0) is 4.79 Å². The van der Waals surface area contributed by atoms with Crippen molar-refractivity contribution in [1.29, 1.82) is 0 Å². The zero-order valence-electron chi connectivity index (χ0n) is 12.9. The van der Waals surface area contributed by atoms with Crippen LogP contribution in [0.3, 0.4) is 0 Å². The molecule has 1 aromatic rings. The lowest BCUT2D eigenvalue weighted by Crippen LogP contribution is -2.40. The molecule has 1 heterocycles. The van der Waals surface area contributed by atoms with Crippen molar-refractivity contribution in [3.05, 3.63) is 30.1 Å². The van der Waals surface area contributed by atoms with Crippen molar-refractivity contribution in [1.82, 2.24) is 10.2 Å². The van der Waals surface area contributed by atoms with Gasteiger partial charge in [0.2, 0.25) is 5.91 Å². The molecule has 2 rings (SSSR count). The highest BCUT2D eigenvalue weighted by Crippen LogP contribution is 2.18. The Morgan fingerprint density at radius 3 is 3.05 bits per heavy atom. The summed E-state index contributed by atoms with van der Waals surface area (Å²) >= 11 is 0. The lowest BCUT2D eigenvalue weighted by molar-refractivity contribution is -0.132. The van der Waals surface area contributed by atoms with Crippen LogP contribution in [0.15, 0.2) is 24.3 Å². The smallest absolute Gasteiger partial charge is 0.222 e. The van der Waals surface area contributed by atoms with E-state index in [2.05, 4.69) is 5.32 Å². The minimum atomic E-state index is -0.310.